The molecular formula is C15H18F3N3O2. The van der Waals surface area contributed by atoms with Gasteiger partial charge in [0, 0.05) is 19.1 Å². The zero-order valence-corrected chi connectivity index (χ0v) is 12.4. The number of hydrogen-bond donors (Lipinski definition) is 2. The van der Waals surface area contributed by atoms with Gasteiger partial charge in [-0.3, -0.25) is 9.59 Å². The molecule has 126 valence electrons. The van der Waals surface area contributed by atoms with Gasteiger partial charge in [-0.05, 0) is 25.0 Å². The molecule has 0 spiro atoms. The smallest absolute Gasteiger partial charge is 0.343 e. The maximum atomic E-state index is 12.9. The van der Waals surface area contributed by atoms with E-state index in [1.165, 1.54) is 17.0 Å². The molecule has 0 bridgehead atoms. The molecule has 1 aliphatic heterocycles. The Labute approximate surface area is 131 Å². The van der Waals surface area contributed by atoms with E-state index in [0.717, 1.165) is 25.0 Å². The van der Waals surface area contributed by atoms with Crippen LogP contribution in [0.3, 0.4) is 0 Å². The summed E-state index contributed by atoms with van der Waals surface area (Å²) < 4.78 is 38.6. The molecule has 5 nitrogen and oxygen atoms in total. The van der Waals surface area contributed by atoms with Crippen molar-refractivity contribution >= 4 is 11.8 Å². The van der Waals surface area contributed by atoms with E-state index in [4.69, 9.17) is 5.73 Å². The van der Waals surface area contributed by atoms with Gasteiger partial charge >= 0.3 is 6.18 Å². The second-order valence-corrected chi connectivity index (χ2v) is 5.47. The number of carbonyl (C=O) groups excluding carboxylic acids is 2. The number of hydrogen-bond acceptors (Lipinski definition) is 3. The summed E-state index contributed by atoms with van der Waals surface area (Å²) in [5.74, 6) is -1.27. The molecule has 2 rings (SSSR count). The highest BCUT2D eigenvalue weighted by Crippen LogP contribution is 2.31. The highest BCUT2D eigenvalue weighted by atomic mass is 19.4. The van der Waals surface area contributed by atoms with Gasteiger partial charge in [-0.2, -0.15) is 13.2 Å². The van der Waals surface area contributed by atoms with Crippen molar-refractivity contribution in [3.8, 4) is 0 Å². The predicted octanol–water partition coefficient (Wildman–Crippen LogP) is 1.38. The molecule has 3 N–H and O–H groups in total. The number of carbonyl (C=O) groups is 2. The number of halogens is 3. The van der Waals surface area contributed by atoms with Crippen molar-refractivity contribution in [2.75, 3.05) is 19.6 Å². The Hall–Kier alpha value is -2.09. The summed E-state index contributed by atoms with van der Waals surface area (Å²) in [7, 11) is 0. The molecule has 1 saturated heterocycles. The topological polar surface area (TPSA) is 75.4 Å². The van der Waals surface area contributed by atoms with Crippen LogP contribution in [-0.4, -0.2) is 42.4 Å². The fraction of sp³-hybridized carbons (Fsp3) is 0.467. The Morgan fingerprint density at radius 2 is 2.00 bits per heavy atom. The Kier molecular flexibility index (Phi) is 5.25. The second-order valence-electron chi connectivity index (χ2n) is 5.47. The van der Waals surface area contributed by atoms with Crippen LogP contribution >= 0.6 is 0 Å². The monoisotopic (exact) mass is 329 g/mol. The van der Waals surface area contributed by atoms with Crippen LogP contribution in [0.15, 0.2) is 24.3 Å². The van der Waals surface area contributed by atoms with E-state index < -0.39 is 23.2 Å². The van der Waals surface area contributed by atoms with Crippen LogP contribution in [0.25, 0.3) is 0 Å². The van der Waals surface area contributed by atoms with Crippen LogP contribution < -0.4 is 11.1 Å². The van der Waals surface area contributed by atoms with Gasteiger partial charge in [-0.25, -0.2) is 0 Å². The Morgan fingerprint density at radius 1 is 1.30 bits per heavy atom. The normalized spacial score (nSPS) is 18.6. The zero-order chi connectivity index (χ0) is 17.0. The van der Waals surface area contributed by atoms with Crippen molar-refractivity contribution in [3.05, 3.63) is 35.4 Å². The van der Waals surface area contributed by atoms with Crippen LogP contribution in [0.1, 0.15) is 28.8 Å². The molecule has 1 aromatic carbocycles. The molecular weight excluding hydrogens is 311 g/mol. The minimum Gasteiger partial charge on any atom is -0.343 e. The molecule has 0 aromatic heterocycles. The molecule has 23 heavy (non-hydrogen) atoms. The molecule has 1 unspecified atom stereocenters. The van der Waals surface area contributed by atoms with Crippen molar-refractivity contribution in [2.24, 2.45) is 5.73 Å². The lowest BCUT2D eigenvalue weighted by Crippen LogP contribution is -2.49. The molecule has 0 saturated carbocycles. The van der Waals surface area contributed by atoms with E-state index in [1.54, 1.807) is 0 Å². The molecule has 1 atom stereocenters. The third-order valence-electron chi connectivity index (χ3n) is 3.69. The Bertz CT molecular complexity index is 590. The van der Waals surface area contributed by atoms with Crippen LogP contribution in [0.2, 0.25) is 0 Å². The maximum Gasteiger partial charge on any atom is 0.417 e. The van der Waals surface area contributed by atoms with E-state index in [9.17, 15) is 22.8 Å². The van der Waals surface area contributed by atoms with Gasteiger partial charge in [-0.1, -0.05) is 12.1 Å². The van der Waals surface area contributed by atoms with Crippen molar-refractivity contribution < 1.29 is 22.8 Å². The number of piperidine rings is 1. The molecule has 1 aromatic rings. The summed E-state index contributed by atoms with van der Waals surface area (Å²) in [5.41, 5.74) is 4.25. The molecule has 0 aliphatic carbocycles. The van der Waals surface area contributed by atoms with Gasteiger partial charge in [-0.15, -0.1) is 0 Å². The molecule has 0 radical (unpaired) electrons. The lowest BCUT2D eigenvalue weighted by Gasteiger charge is -2.30. The van der Waals surface area contributed by atoms with E-state index in [2.05, 4.69) is 5.32 Å². The van der Waals surface area contributed by atoms with Gasteiger partial charge in [0.2, 0.25) is 5.91 Å². The third-order valence-corrected chi connectivity index (χ3v) is 3.69. The van der Waals surface area contributed by atoms with Crippen molar-refractivity contribution in [2.45, 2.75) is 25.1 Å². The second kappa shape index (κ2) is 6.99. The SMILES string of the molecule is NC1CCCN(C(=O)CNC(=O)c2ccccc2C(F)(F)F)C1. The Morgan fingerprint density at radius 3 is 2.65 bits per heavy atom. The first-order valence-corrected chi connectivity index (χ1v) is 7.27. The fourth-order valence-corrected chi connectivity index (χ4v) is 2.53. The first-order chi connectivity index (χ1) is 10.8. The first-order valence-electron chi connectivity index (χ1n) is 7.27. The summed E-state index contributed by atoms with van der Waals surface area (Å²) in [6, 6.07) is 4.37. The summed E-state index contributed by atoms with van der Waals surface area (Å²) in [4.78, 5) is 25.5. The number of rotatable bonds is 3. The number of benzene rings is 1. The molecule has 1 heterocycles. The highest BCUT2D eigenvalue weighted by molar-refractivity contribution is 5.97. The van der Waals surface area contributed by atoms with Crippen LogP contribution in [0, 0.1) is 0 Å². The Balaban J connectivity index is 1.99. The van der Waals surface area contributed by atoms with E-state index in [0.29, 0.717) is 13.1 Å². The molecule has 2 amide bonds. The van der Waals surface area contributed by atoms with Crippen molar-refractivity contribution in [1.29, 1.82) is 0 Å². The van der Waals surface area contributed by atoms with Crippen LogP contribution in [-0.2, 0) is 11.0 Å². The van der Waals surface area contributed by atoms with Gasteiger partial charge in [0.1, 0.15) is 0 Å². The molecule has 1 fully saturated rings. The van der Waals surface area contributed by atoms with Gasteiger partial charge in [0.15, 0.2) is 0 Å². The summed E-state index contributed by atoms with van der Waals surface area (Å²) in [5, 5.41) is 2.25. The van der Waals surface area contributed by atoms with E-state index >= 15 is 0 Å². The fourth-order valence-electron chi connectivity index (χ4n) is 2.53. The summed E-state index contributed by atoms with van der Waals surface area (Å²) in [6.45, 7) is 0.590. The summed E-state index contributed by atoms with van der Waals surface area (Å²) in [6.07, 6.45) is -3.02. The third kappa shape index (κ3) is 4.44. The lowest BCUT2D eigenvalue weighted by molar-refractivity contribution is -0.137. The van der Waals surface area contributed by atoms with E-state index in [-0.39, 0.29) is 18.5 Å². The minimum atomic E-state index is -4.63. The van der Waals surface area contributed by atoms with Crippen LogP contribution in [0.5, 0.6) is 0 Å². The molecule has 8 heteroatoms. The number of likely N-dealkylation sites (tertiary alicyclic amines) is 1. The van der Waals surface area contributed by atoms with Crippen molar-refractivity contribution in [1.82, 2.24) is 10.2 Å². The standard InChI is InChI=1S/C15H18F3N3O2/c16-15(17,18)12-6-2-1-5-11(12)14(23)20-8-13(22)21-7-3-4-10(19)9-21/h1-2,5-6,10H,3-4,7-9,19H2,(H,20,23). The highest BCUT2D eigenvalue weighted by Gasteiger charge is 2.35. The average Bonchev–Trinajstić information content (AvgIpc) is 2.51. The average molecular weight is 329 g/mol. The number of nitrogens with one attached hydrogen (secondary N) is 1. The first kappa shape index (κ1) is 17.3. The van der Waals surface area contributed by atoms with Gasteiger partial charge in [0.25, 0.3) is 5.91 Å². The lowest BCUT2D eigenvalue weighted by atomic mass is 10.1. The minimum absolute atomic E-state index is 0.102. The summed E-state index contributed by atoms with van der Waals surface area (Å²) >= 11 is 0. The zero-order valence-electron chi connectivity index (χ0n) is 12.4. The molecule has 1 aliphatic rings. The van der Waals surface area contributed by atoms with Gasteiger partial charge in [0.05, 0.1) is 17.7 Å². The van der Waals surface area contributed by atoms with Crippen molar-refractivity contribution in [3.63, 3.8) is 0 Å². The largest absolute Gasteiger partial charge is 0.417 e. The number of amides is 2. The van der Waals surface area contributed by atoms with E-state index in [1.807, 2.05) is 0 Å². The predicted molar refractivity (Wildman–Crippen MR) is 77.6 cm³/mol. The maximum absolute atomic E-state index is 12.9. The van der Waals surface area contributed by atoms with Crippen LogP contribution in [0.4, 0.5) is 13.2 Å². The number of alkyl halides is 3. The number of nitrogens with zero attached hydrogens (tertiary/aromatic N) is 1. The van der Waals surface area contributed by atoms with Gasteiger partial charge < -0.3 is 16.0 Å². The number of nitrogens with two attached hydrogens (primary N) is 1. The quantitative estimate of drug-likeness (QED) is 0.880.